The molecule has 0 heterocycles. The Morgan fingerprint density at radius 2 is 2.12 bits per heavy atom. The highest BCUT2D eigenvalue weighted by atomic mass is 35.5. The van der Waals surface area contributed by atoms with Crippen LogP contribution < -0.4 is 11.5 Å². The Kier molecular flexibility index (Phi) is 6.62. The molecule has 0 aliphatic heterocycles. The van der Waals surface area contributed by atoms with Gasteiger partial charge in [-0.3, -0.25) is 4.79 Å². The van der Waals surface area contributed by atoms with Crippen molar-refractivity contribution in [2.75, 3.05) is 5.88 Å². The number of hydrogen-bond acceptors (Lipinski definition) is 1. The molecule has 4 nitrogen and oxygen atoms in total. The van der Waals surface area contributed by atoms with Crippen LogP contribution in [0, 0.1) is 0 Å². The number of nitrogens with two attached hydrogens (primary N) is 2. The van der Waals surface area contributed by atoms with Crippen LogP contribution in [0.5, 0.6) is 0 Å². The molecular formula is C19H19Cl2N3O. The summed E-state index contributed by atoms with van der Waals surface area (Å²) in [5, 5.41) is 0.515. The van der Waals surface area contributed by atoms with Crippen molar-refractivity contribution in [1.29, 1.82) is 0 Å². The first-order valence-corrected chi connectivity index (χ1v) is 8.61. The van der Waals surface area contributed by atoms with Gasteiger partial charge in [0.25, 0.3) is 5.91 Å². The number of benzene rings is 1. The van der Waals surface area contributed by atoms with Crippen molar-refractivity contribution in [3.8, 4) is 0 Å². The van der Waals surface area contributed by atoms with E-state index in [2.05, 4.69) is 17.6 Å². The van der Waals surface area contributed by atoms with E-state index in [0.29, 0.717) is 16.5 Å². The summed E-state index contributed by atoms with van der Waals surface area (Å²) < 4.78 is 0. The zero-order chi connectivity index (χ0) is 18.4. The van der Waals surface area contributed by atoms with Gasteiger partial charge in [-0.05, 0) is 41.7 Å². The standard InChI is InChI=1S/C19H19Cl2N3O/c1-2-17(21)15(7-4-10-20)14-6-3-5-12-8-9-13(11-16(12)14)18(25)24-19(22)23/h2,4,6-9,11H,1,3,5,10H2,(H4,22,23,24,25)/b7-4-,17-15-. The molecule has 2 rings (SSSR count). The zero-order valence-electron chi connectivity index (χ0n) is 13.6. The summed E-state index contributed by atoms with van der Waals surface area (Å²) in [5.74, 6) is -0.378. The maximum absolute atomic E-state index is 12.1. The van der Waals surface area contributed by atoms with Crippen molar-refractivity contribution in [3.05, 3.63) is 76.4 Å². The average Bonchev–Trinajstić information content (AvgIpc) is 2.60. The molecule has 0 atom stereocenters. The van der Waals surface area contributed by atoms with Crippen molar-refractivity contribution in [3.63, 3.8) is 0 Å². The van der Waals surface area contributed by atoms with Gasteiger partial charge in [0.05, 0.1) is 0 Å². The second-order valence-electron chi connectivity index (χ2n) is 5.39. The number of alkyl halides is 1. The van der Waals surface area contributed by atoms with E-state index in [4.69, 9.17) is 34.7 Å². The van der Waals surface area contributed by atoms with E-state index in [-0.39, 0.29) is 5.96 Å². The highest BCUT2D eigenvalue weighted by Gasteiger charge is 2.18. The van der Waals surface area contributed by atoms with E-state index in [9.17, 15) is 4.79 Å². The van der Waals surface area contributed by atoms with Crippen LogP contribution in [0.25, 0.3) is 5.57 Å². The SMILES string of the molecule is C=C/C(Cl)=C(\C=C/CCl)C1=CCCc2ccc(C(=O)N=C(N)N)cc21. The summed E-state index contributed by atoms with van der Waals surface area (Å²) in [6.07, 6.45) is 9.11. The molecule has 0 saturated heterocycles. The Hall–Kier alpha value is -2.30. The highest BCUT2D eigenvalue weighted by Crippen LogP contribution is 2.35. The number of halogens is 2. The van der Waals surface area contributed by atoms with E-state index >= 15 is 0 Å². The molecule has 4 N–H and O–H groups in total. The lowest BCUT2D eigenvalue weighted by atomic mass is 9.85. The maximum Gasteiger partial charge on any atom is 0.280 e. The average molecular weight is 376 g/mol. The molecule has 0 fully saturated rings. The first-order chi connectivity index (χ1) is 12.0. The molecule has 0 saturated carbocycles. The monoisotopic (exact) mass is 375 g/mol. The van der Waals surface area contributed by atoms with Crippen LogP contribution in [-0.4, -0.2) is 17.7 Å². The number of allylic oxidation sites excluding steroid dienone is 7. The Bertz CT molecular complexity index is 816. The summed E-state index contributed by atoms with van der Waals surface area (Å²) in [4.78, 5) is 15.7. The van der Waals surface area contributed by atoms with Crippen LogP contribution in [0.1, 0.15) is 27.9 Å². The largest absolute Gasteiger partial charge is 0.370 e. The second kappa shape index (κ2) is 8.70. The Labute approximate surface area is 157 Å². The van der Waals surface area contributed by atoms with Gasteiger partial charge in [-0.2, -0.15) is 4.99 Å². The zero-order valence-corrected chi connectivity index (χ0v) is 15.1. The summed E-state index contributed by atoms with van der Waals surface area (Å²) in [7, 11) is 0. The molecule has 1 aliphatic rings. The van der Waals surface area contributed by atoms with Crippen LogP contribution in [0.2, 0.25) is 0 Å². The number of nitrogens with zero attached hydrogens (tertiary/aromatic N) is 1. The van der Waals surface area contributed by atoms with Gasteiger partial charge in [-0.1, -0.05) is 48.6 Å². The van der Waals surface area contributed by atoms with Crippen molar-refractivity contribution >= 4 is 40.6 Å². The number of carbonyl (C=O) groups excluding carboxylic acids is 1. The fourth-order valence-electron chi connectivity index (χ4n) is 2.67. The quantitative estimate of drug-likeness (QED) is 0.354. The molecular weight excluding hydrogens is 357 g/mol. The predicted octanol–water partition coefficient (Wildman–Crippen LogP) is 3.90. The van der Waals surface area contributed by atoms with Crippen LogP contribution >= 0.6 is 23.2 Å². The number of rotatable bonds is 5. The van der Waals surface area contributed by atoms with Gasteiger partial charge in [0.1, 0.15) is 0 Å². The minimum absolute atomic E-state index is 0.265. The number of hydrogen-bond donors (Lipinski definition) is 2. The van der Waals surface area contributed by atoms with Crippen LogP contribution in [0.3, 0.4) is 0 Å². The number of aryl methyl sites for hydroxylation is 1. The van der Waals surface area contributed by atoms with Crippen molar-refractivity contribution in [1.82, 2.24) is 0 Å². The van der Waals surface area contributed by atoms with E-state index in [1.54, 1.807) is 18.2 Å². The third-order valence-corrected chi connectivity index (χ3v) is 4.28. The predicted molar refractivity (Wildman–Crippen MR) is 106 cm³/mol. The van der Waals surface area contributed by atoms with Crippen molar-refractivity contribution < 1.29 is 4.79 Å². The lowest BCUT2D eigenvalue weighted by molar-refractivity contribution is 0.100. The highest BCUT2D eigenvalue weighted by molar-refractivity contribution is 6.32. The topological polar surface area (TPSA) is 81.5 Å². The normalized spacial score (nSPS) is 14.4. The first kappa shape index (κ1) is 19.0. The van der Waals surface area contributed by atoms with Crippen LogP contribution in [-0.2, 0) is 6.42 Å². The molecule has 0 aromatic heterocycles. The third kappa shape index (κ3) is 4.62. The summed E-state index contributed by atoms with van der Waals surface area (Å²) in [6, 6.07) is 5.43. The smallest absolute Gasteiger partial charge is 0.280 e. The lowest BCUT2D eigenvalue weighted by Crippen LogP contribution is -2.24. The van der Waals surface area contributed by atoms with Gasteiger partial charge in [-0.15, -0.1) is 11.6 Å². The minimum Gasteiger partial charge on any atom is -0.370 e. The molecule has 1 aromatic rings. The molecule has 130 valence electrons. The van der Waals surface area contributed by atoms with Gasteiger partial charge in [0.2, 0.25) is 0 Å². The van der Waals surface area contributed by atoms with Gasteiger partial charge >= 0.3 is 0 Å². The van der Waals surface area contributed by atoms with Crippen molar-refractivity contribution in [2.24, 2.45) is 16.5 Å². The molecule has 25 heavy (non-hydrogen) atoms. The van der Waals surface area contributed by atoms with Gasteiger partial charge in [0.15, 0.2) is 5.96 Å². The Morgan fingerprint density at radius 3 is 2.76 bits per heavy atom. The Morgan fingerprint density at radius 1 is 1.36 bits per heavy atom. The molecule has 6 heteroatoms. The molecule has 1 aliphatic carbocycles. The molecule has 0 bridgehead atoms. The van der Waals surface area contributed by atoms with E-state index in [0.717, 1.165) is 35.1 Å². The fourth-order valence-corrected chi connectivity index (χ4v) is 2.92. The summed E-state index contributed by atoms with van der Waals surface area (Å²) in [6.45, 7) is 3.74. The van der Waals surface area contributed by atoms with Gasteiger partial charge in [-0.25, -0.2) is 0 Å². The van der Waals surface area contributed by atoms with E-state index < -0.39 is 5.91 Å². The number of amides is 1. The molecule has 0 radical (unpaired) electrons. The molecule has 0 unspecified atom stereocenters. The molecule has 1 aromatic carbocycles. The van der Waals surface area contributed by atoms with Gasteiger partial charge in [0, 0.05) is 22.0 Å². The molecule has 0 spiro atoms. The number of guanidine groups is 1. The number of fused-ring (bicyclic) bond motifs is 1. The minimum atomic E-state index is -0.482. The fraction of sp³-hybridized carbons (Fsp3) is 0.158. The van der Waals surface area contributed by atoms with Crippen LogP contribution in [0.15, 0.2) is 64.7 Å². The Balaban J connectivity index is 2.57. The second-order valence-corrected chi connectivity index (χ2v) is 6.11. The van der Waals surface area contributed by atoms with Gasteiger partial charge < -0.3 is 11.5 Å². The maximum atomic E-state index is 12.1. The summed E-state index contributed by atoms with van der Waals surface area (Å²) >= 11 is 12.1. The summed E-state index contributed by atoms with van der Waals surface area (Å²) in [5.41, 5.74) is 14.8. The van der Waals surface area contributed by atoms with E-state index in [1.807, 2.05) is 18.2 Å². The number of aliphatic imine (C=N–C) groups is 1. The van der Waals surface area contributed by atoms with Crippen LogP contribution in [0.4, 0.5) is 0 Å². The lowest BCUT2D eigenvalue weighted by Gasteiger charge is -2.20. The van der Waals surface area contributed by atoms with Crippen molar-refractivity contribution in [2.45, 2.75) is 12.8 Å². The first-order valence-electron chi connectivity index (χ1n) is 7.70. The third-order valence-electron chi connectivity index (χ3n) is 3.74. The van der Waals surface area contributed by atoms with E-state index in [1.165, 1.54) is 0 Å². The molecule has 1 amide bonds. The number of carbonyl (C=O) groups is 1.